The third kappa shape index (κ3) is 3.02. The first kappa shape index (κ1) is 14.3. The molecule has 0 aliphatic heterocycles. The number of halogens is 1. The van der Waals surface area contributed by atoms with Gasteiger partial charge in [-0.3, -0.25) is 0 Å². The third-order valence-electron chi connectivity index (χ3n) is 3.28. The van der Waals surface area contributed by atoms with Crippen molar-refractivity contribution in [2.75, 3.05) is 6.61 Å². The van der Waals surface area contributed by atoms with Crippen LogP contribution in [0.5, 0.6) is 0 Å². The summed E-state index contributed by atoms with van der Waals surface area (Å²) in [7, 11) is 0. The average Bonchev–Trinajstić information content (AvgIpc) is 2.91. The van der Waals surface area contributed by atoms with Gasteiger partial charge in [0.1, 0.15) is 11.3 Å². The van der Waals surface area contributed by atoms with Gasteiger partial charge in [0.15, 0.2) is 6.29 Å². The zero-order valence-electron chi connectivity index (χ0n) is 11.5. The second-order valence-electron chi connectivity index (χ2n) is 4.72. The van der Waals surface area contributed by atoms with Gasteiger partial charge in [0, 0.05) is 27.6 Å². The quantitative estimate of drug-likeness (QED) is 0.684. The summed E-state index contributed by atoms with van der Waals surface area (Å²) in [4.78, 5) is 0. The molecule has 4 heteroatoms. The summed E-state index contributed by atoms with van der Waals surface area (Å²) < 4.78 is 12.1. The molecule has 0 spiro atoms. The minimum absolute atomic E-state index is 0.460. The Bertz CT molecular complexity index is 746. The van der Waals surface area contributed by atoms with E-state index < -0.39 is 6.29 Å². The predicted octanol–water partition coefficient (Wildman–Crippen LogP) is 4.89. The molecule has 108 valence electrons. The molecule has 1 atom stereocenters. The van der Waals surface area contributed by atoms with Crippen molar-refractivity contribution in [1.29, 1.82) is 0 Å². The number of fused-ring (bicyclic) bond motifs is 1. The van der Waals surface area contributed by atoms with Crippen LogP contribution in [0.3, 0.4) is 0 Å². The Morgan fingerprint density at radius 3 is 2.62 bits per heavy atom. The van der Waals surface area contributed by atoms with Crippen LogP contribution in [0.25, 0.3) is 22.3 Å². The van der Waals surface area contributed by atoms with Gasteiger partial charge in [-0.15, -0.1) is 0 Å². The minimum atomic E-state index is -0.916. The molecule has 0 aliphatic carbocycles. The fraction of sp³-hybridized carbons (Fsp3) is 0.176. The van der Waals surface area contributed by atoms with Crippen molar-refractivity contribution in [2.24, 2.45) is 0 Å². The topological polar surface area (TPSA) is 42.6 Å². The highest BCUT2D eigenvalue weighted by Gasteiger charge is 2.11. The predicted molar refractivity (Wildman–Crippen MR) is 85.9 cm³/mol. The fourth-order valence-corrected chi connectivity index (χ4v) is 2.48. The van der Waals surface area contributed by atoms with Crippen molar-refractivity contribution in [1.82, 2.24) is 0 Å². The molecule has 1 aromatic heterocycles. The van der Waals surface area contributed by atoms with Gasteiger partial charge in [0.05, 0.1) is 0 Å². The average molecular weight is 347 g/mol. The van der Waals surface area contributed by atoms with Crippen LogP contribution in [-0.4, -0.2) is 11.7 Å². The number of ether oxygens (including phenoxy) is 1. The summed E-state index contributed by atoms with van der Waals surface area (Å²) >= 11 is 3.42. The molecule has 1 heterocycles. The Morgan fingerprint density at radius 1 is 1.14 bits per heavy atom. The number of furan rings is 1. The van der Waals surface area contributed by atoms with Crippen LogP contribution in [0.15, 0.2) is 57.4 Å². The SMILES string of the molecule is CCOC(O)c1ccc2cc(-c3ccc(Br)cc3)oc2c1. The summed E-state index contributed by atoms with van der Waals surface area (Å²) in [5.74, 6) is 0.806. The molecule has 1 unspecified atom stereocenters. The normalized spacial score (nSPS) is 12.7. The van der Waals surface area contributed by atoms with Gasteiger partial charge < -0.3 is 14.3 Å². The van der Waals surface area contributed by atoms with Gasteiger partial charge in [-0.2, -0.15) is 0 Å². The first-order valence-corrected chi connectivity index (χ1v) is 7.56. The molecule has 0 fully saturated rings. The molecular weight excluding hydrogens is 332 g/mol. The second-order valence-corrected chi connectivity index (χ2v) is 5.64. The van der Waals surface area contributed by atoms with Crippen LogP contribution >= 0.6 is 15.9 Å². The van der Waals surface area contributed by atoms with Gasteiger partial charge in [0.2, 0.25) is 0 Å². The van der Waals surface area contributed by atoms with Gasteiger partial charge in [-0.1, -0.05) is 40.2 Å². The molecule has 21 heavy (non-hydrogen) atoms. The molecule has 3 rings (SSSR count). The Kier molecular flexibility index (Phi) is 4.10. The van der Waals surface area contributed by atoms with Gasteiger partial charge in [-0.05, 0) is 31.2 Å². The lowest BCUT2D eigenvalue weighted by Crippen LogP contribution is -2.02. The summed E-state index contributed by atoms with van der Waals surface area (Å²) in [6.45, 7) is 2.31. The van der Waals surface area contributed by atoms with Gasteiger partial charge >= 0.3 is 0 Å². The number of benzene rings is 2. The van der Waals surface area contributed by atoms with E-state index in [0.29, 0.717) is 12.2 Å². The van der Waals surface area contributed by atoms with E-state index in [1.165, 1.54) is 0 Å². The van der Waals surface area contributed by atoms with Gasteiger partial charge in [0.25, 0.3) is 0 Å². The van der Waals surface area contributed by atoms with E-state index in [1.807, 2.05) is 55.5 Å². The van der Waals surface area contributed by atoms with E-state index in [9.17, 15) is 5.11 Å². The van der Waals surface area contributed by atoms with Crippen LogP contribution in [0, 0.1) is 0 Å². The highest BCUT2D eigenvalue weighted by molar-refractivity contribution is 9.10. The Hall–Kier alpha value is -1.62. The number of aliphatic hydroxyl groups is 1. The Balaban J connectivity index is 1.98. The summed E-state index contributed by atoms with van der Waals surface area (Å²) in [5.41, 5.74) is 2.45. The van der Waals surface area contributed by atoms with E-state index in [-0.39, 0.29) is 0 Å². The molecule has 0 saturated carbocycles. The van der Waals surface area contributed by atoms with Crippen molar-refractivity contribution in [2.45, 2.75) is 13.2 Å². The maximum atomic E-state index is 9.87. The Labute approximate surface area is 131 Å². The summed E-state index contributed by atoms with van der Waals surface area (Å²) in [5, 5.41) is 10.9. The molecule has 0 bridgehead atoms. The molecule has 1 N–H and O–H groups in total. The van der Waals surface area contributed by atoms with Crippen molar-refractivity contribution >= 4 is 26.9 Å². The highest BCUT2D eigenvalue weighted by atomic mass is 79.9. The lowest BCUT2D eigenvalue weighted by atomic mass is 10.1. The number of rotatable bonds is 4. The molecule has 2 aromatic carbocycles. The standard InChI is InChI=1S/C17H15BrO3/c1-2-20-17(19)13-4-3-12-9-15(21-16(12)10-13)11-5-7-14(18)8-6-11/h3-10,17,19H,2H2,1H3. The van der Waals surface area contributed by atoms with Crippen molar-refractivity contribution in [3.63, 3.8) is 0 Å². The minimum Gasteiger partial charge on any atom is -0.456 e. The van der Waals surface area contributed by atoms with E-state index in [1.54, 1.807) is 0 Å². The first-order valence-electron chi connectivity index (χ1n) is 6.76. The third-order valence-corrected chi connectivity index (χ3v) is 3.81. The fourth-order valence-electron chi connectivity index (χ4n) is 2.21. The van der Waals surface area contributed by atoms with Gasteiger partial charge in [-0.25, -0.2) is 0 Å². The van der Waals surface area contributed by atoms with Crippen LogP contribution in [0.4, 0.5) is 0 Å². The Morgan fingerprint density at radius 2 is 1.90 bits per heavy atom. The van der Waals surface area contributed by atoms with E-state index >= 15 is 0 Å². The van der Waals surface area contributed by atoms with E-state index in [0.717, 1.165) is 26.8 Å². The summed E-state index contributed by atoms with van der Waals surface area (Å²) in [6.07, 6.45) is -0.916. The number of hydrogen-bond donors (Lipinski definition) is 1. The van der Waals surface area contributed by atoms with Crippen LogP contribution in [0.2, 0.25) is 0 Å². The molecule has 3 nitrogen and oxygen atoms in total. The largest absolute Gasteiger partial charge is 0.456 e. The molecular formula is C17H15BrO3. The van der Waals surface area contributed by atoms with Crippen molar-refractivity contribution < 1.29 is 14.3 Å². The van der Waals surface area contributed by atoms with E-state index in [4.69, 9.17) is 9.15 Å². The van der Waals surface area contributed by atoms with Crippen LogP contribution in [0.1, 0.15) is 18.8 Å². The maximum Gasteiger partial charge on any atom is 0.181 e. The smallest absolute Gasteiger partial charge is 0.181 e. The molecule has 3 aromatic rings. The lowest BCUT2D eigenvalue weighted by Gasteiger charge is -2.09. The molecule has 0 radical (unpaired) electrons. The second kappa shape index (κ2) is 6.02. The van der Waals surface area contributed by atoms with Crippen LogP contribution < -0.4 is 0 Å². The number of hydrogen-bond acceptors (Lipinski definition) is 3. The van der Waals surface area contributed by atoms with Crippen molar-refractivity contribution in [3.8, 4) is 11.3 Å². The first-order chi connectivity index (χ1) is 10.2. The van der Waals surface area contributed by atoms with Crippen molar-refractivity contribution in [3.05, 3.63) is 58.6 Å². The van der Waals surface area contributed by atoms with Crippen LogP contribution in [-0.2, 0) is 4.74 Å². The van der Waals surface area contributed by atoms with E-state index in [2.05, 4.69) is 15.9 Å². The lowest BCUT2D eigenvalue weighted by molar-refractivity contribution is -0.0979. The molecule has 0 saturated heterocycles. The monoisotopic (exact) mass is 346 g/mol. The molecule has 0 amide bonds. The zero-order valence-corrected chi connectivity index (χ0v) is 13.1. The maximum absolute atomic E-state index is 9.87. The number of aliphatic hydroxyl groups excluding tert-OH is 1. The zero-order chi connectivity index (χ0) is 14.8. The summed E-state index contributed by atoms with van der Waals surface area (Å²) in [6, 6.07) is 15.5. The molecule has 0 aliphatic rings. The highest BCUT2D eigenvalue weighted by Crippen LogP contribution is 2.30.